The van der Waals surface area contributed by atoms with E-state index in [1.165, 1.54) is 16.6 Å². The summed E-state index contributed by atoms with van der Waals surface area (Å²) in [6.07, 6.45) is 0.874. The average molecular weight is 488 g/mol. The molecule has 1 aliphatic rings. The van der Waals surface area contributed by atoms with E-state index in [-0.39, 0.29) is 5.56 Å². The lowest BCUT2D eigenvalue weighted by Crippen LogP contribution is -2.27. The van der Waals surface area contributed by atoms with E-state index in [0.29, 0.717) is 21.0 Å². The number of fused-ring (bicyclic) bond motifs is 3. The van der Waals surface area contributed by atoms with E-state index >= 15 is 0 Å². The van der Waals surface area contributed by atoms with E-state index in [9.17, 15) is 4.79 Å². The van der Waals surface area contributed by atoms with E-state index in [1.807, 2.05) is 48.5 Å². The lowest BCUT2D eigenvalue weighted by atomic mass is 10.1. The zero-order valence-corrected chi connectivity index (χ0v) is 19.9. The van der Waals surface area contributed by atoms with Gasteiger partial charge in [-0.1, -0.05) is 59.2 Å². The zero-order chi connectivity index (χ0) is 21.5. The van der Waals surface area contributed by atoms with Gasteiger partial charge in [-0.2, -0.15) is 0 Å². The van der Waals surface area contributed by atoms with Crippen molar-refractivity contribution in [1.82, 2.24) is 14.5 Å². The number of thiophene rings is 1. The Kier molecular flexibility index (Phi) is 5.84. The maximum Gasteiger partial charge on any atom is 0.267 e. The molecule has 2 aromatic heterocycles. The van der Waals surface area contributed by atoms with Gasteiger partial charge in [0.1, 0.15) is 4.83 Å². The fraction of sp³-hybridized carbons (Fsp3) is 0.217. The number of nitrogens with zero attached hydrogens (tertiary/aromatic N) is 3. The quantitative estimate of drug-likeness (QED) is 0.260. The number of benzene rings is 2. The third kappa shape index (κ3) is 3.92. The van der Waals surface area contributed by atoms with E-state index in [0.717, 1.165) is 46.5 Å². The smallest absolute Gasteiger partial charge is 0.267 e. The van der Waals surface area contributed by atoms with Gasteiger partial charge in [-0.3, -0.25) is 9.36 Å². The second-order valence-electron chi connectivity index (χ2n) is 7.53. The molecule has 0 aliphatic carbocycles. The molecule has 4 aromatic rings. The molecule has 5 rings (SSSR count). The Morgan fingerprint density at radius 3 is 2.58 bits per heavy atom. The van der Waals surface area contributed by atoms with Crippen LogP contribution >= 0.6 is 46.3 Å². The minimum Gasteiger partial charge on any atom is -0.301 e. The summed E-state index contributed by atoms with van der Waals surface area (Å²) in [5, 5.41) is 2.64. The molecule has 0 atom stereocenters. The van der Waals surface area contributed by atoms with E-state index in [2.05, 4.69) is 11.9 Å². The van der Waals surface area contributed by atoms with E-state index in [4.69, 9.17) is 28.2 Å². The molecule has 0 bridgehead atoms. The van der Waals surface area contributed by atoms with Crippen LogP contribution in [0.1, 0.15) is 16.0 Å². The molecule has 4 nitrogen and oxygen atoms in total. The van der Waals surface area contributed by atoms with Gasteiger partial charge >= 0.3 is 0 Å². The Bertz CT molecular complexity index is 1310. The predicted octanol–water partition coefficient (Wildman–Crippen LogP) is 6.03. The summed E-state index contributed by atoms with van der Waals surface area (Å²) in [6, 6.07) is 15.2. The predicted molar refractivity (Wildman–Crippen MR) is 131 cm³/mol. The van der Waals surface area contributed by atoms with E-state index < -0.39 is 0 Å². The summed E-state index contributed by atoms with van der Waals surface area (Å²) >= 11 is 15.9. The first-order valence-electron chi connectivity index (χ1n) is 9.90. The number of halogens is 2. The number of hydrogen-bond acceptors (Lipinski definition) is 5. The van der Waals surface area contributed by atoms with Crippen LogP contribution in [0.15, 0.2) is 58.5 Å². The average Bonchev–Trinajstić information content (AvgIpc) is 3.11. The second kappa shape index (κ2) is 8.60. The molecule has 0 saturated heterocycles. The number of aromatic nitrogens is 2. The zero-order valence-electron chi connectivity index (χ0n) is 16.8. The maximum atomic E-state index is 13.8. The van der Waals surface area contributed by atoms with Gasteiger partial charge < -0.3 is 4.90 Å². The molecule has 8 heteroatoms. The van der Waals surface area contributed by atoms with E-state index in [1.54, 1.807) is 15.9 Å². The summed E-state index contributed by atoms with van der Waals surface area (Å²) in [5.74, 6) is 0.525. The van der Waals surface area contributed by atoms with Crippen molar-refractivity contribution < 1.29 is 0 Å². The Balaban J connectivity index is 1.67. The van der Waals surface area contributed by atoms with Crippen LogP contribution in [0.4, 0.5) is 0 Å². The molecule has 0 radical (unpaired) electrons. The van der Waals surface area contributed by atoms with Crippen molar-refractivity contribution >= 4 is 56.5 Å². The van der Waals surface area contributed by atoms with Gasteiger partial charge in [-0.05, 0) is 48.9 Å². The van der Waals surface area contributed by atoms with Crippen LogP contribution in [0.5, 0.6) is 0 Å². The fourth-order valence-electron chi connectivity index (χ4n) is 3.86. The summed E-state index contributed by atoms with van der Waals surface area (Å²) < 4.78 is 1.73. The van der Waals surface area contributed by atoms with Crippen LogP contribution in [-0.4, -0.2) is 28.0 Å². The molecule has 0 unspecified atom stereocenters. The van der Waals surface area contributed by atoms with Crippen LogP contribution in [0, 0.1) is 0 Å². The van der Waals surface area contributed by atoms with Gasteiger partial charge in [-0.25, -0.2) is 4.98 Å². The molecule has 31 heavy (non-hydrogen) atoms. The van der Waals surface area contributed by atoms with Crippen LogP contribution < -0.4 is 5.56 Å². The number of para-hydroxylation sites is 1. The SMILES string of the molecule is CN1CCc2c(sc3nc(SCc4c(Cl)cccc4Cl)n(-c4ccccc4)c(=O)c23)C1. The van der Waals surface area contributed by atoms with Gasteiger partial charge in [0, 0.05) is 33.8 Å². The minimum absolute atomic E-state index is 0.00833. The lowest BCUT2D eigenvalue weighted by molar-refractivity contribution is 0.318. The van der Waals surface area contributed by atoms with Gasteiger partial charge in [0.05, 0.1) is 11.1 Å². The van der Waals surface area contributed by atoms with Gasteiger partial charge in [0.2, 0.25) is 0 Å². The van der Waals surface area contributed by atoms with Crippen molar-refractivity contribution in [2.45, 2.75) is 23.9 Å². The Hall–Kier alpha value is -1.83. The lowest BCUT2D eigenvalue weighted by Gasteiger charge is -2.21. The molecule has 2 aromatic carbocycles. The largest absolute Gasteiger partial charge is 0.301 e. The highest BCUT2D eigenvalue weighted by Gasteiger charge is 2.24. The van der Waals surface area contributed by atoms with Crippen molar-refractivity contribution in [3.63, 3.8) is 0 Å². The molecule has 0 saturated carbocycles. The standard InChI is InChI=1S/C23H19Cl2N3OS2/c1-27-11-10-15-19(12-27)31-21-20(15)22(29)28(14-6-3-2-4-7-14)23(26-21)30-13-16-17(24)8-5-9-18(16)25/h2-9H,10-13H2,1H3. The summed E-state index contributed by atoms with van der Waals surface area (Å²) in [7, 11) is 2.11. The van der Waals surface area contributed by atoms with Gasteiger partial charge in [0.25, 0.3) is 5.56 Å². The third-order valence-electron chi connectivity index (χ3n) is 5.46. The highest BCUT2D eigenvalue weighted by atomic mass is 35.5. The molecule has 0 N–H and O–H groups in total. The normalized spacial score (nSPS) is 14.2. The van der Waals surface area contributed by atoms with Crippen LogP contribution in [0.2, 0.25) is 10.0 Å². The fourth-order valence-corrected chi connectivity index (χ4v) is 6.96. The number of hydrogen-bond donors (Lipinski definition) is 0. The topological polar surface area (TPSA) is 38.1 Å². The molecule has 1 aliphatic heterocycles. The minimum atomic E-state index is -0.00833. The maximum absolute atomic E-state index is 13.8. The monoisotopic (exact) mass is 487 g/mol. The number of likely N-dealkylation sites (N-methyl/N-ethyl adjacent to an activating group) is 1. The van der Waals surface area contributed by atoms with Crippen LogP contribution in [-0.2, 0) is 18.7 Å². The molecular formula is C23H19Cl2N3OS2. The number of rotatable bonds is 4. The van der Waals surface area contributed by atoms with Crippen molar-refractivity contribution in [1.29, 1.82) is 0 Å². The first-order chi connectivity index (χ1) is 15.0. The van der Waals surface area contributed by atoms with Crippen molar-refractivity contribution in [2.24, 2.45) is 0 Å². The highest BCUT2D eigenvalue weighted by molar-refractivity contribution is 7.98. The van der Waals surface area contributed by atoms with Crippen LogP contribution in [0.25, 0.3) is 15.9 Å². The van der Waals surface area contributed by atoms with Crippen LogP contribution in [0.3, 0.4) is 0 Å². The summed E-state index contributed by atoms with van der Waals surface area (Å²) in [6.45, 7) is 1.81. The van der Waals surface area contributed by atoms with Crippen molar-refractivity contribution in [3.05, 3.63) is 84.9 Å². The van der Waals surface area contributed by atoms with Gasteiger partial charge in [0.15, 0.2) is 5.16 Å². The highest BCUT2D eigenvalue weighted by Crippen LogP contribution is 2.36. The second-order valence-corrected chi connectivity index (χ2v) is 10.4. The molecule has 0 spiro atoms. The summed E-state index contributed by atoms with van der Waals surface area (Å²) in [4.78, 5) is 23.0. The third-order valence-corrected chi connectivity index (χ3v) is 8.24. The molecule has 0 amide bonds. The first kappa shape index (κ1) is 21.0. The Labute approximate surface area is 198 Å². The Morgan fingerprint density at radius 2 is 1.84 bits per heavy atom. The Morgan fingerprint density at radius 1 is 1.10 bits per heavy atom. The first-order valence-corrected chi connectivity index (χ1v) is 12.5. The molecule has 158 valence electrons. The van der Waals surface area contributed by atoms with Crippen molar-refractivity contribution in [2.75, 3.05) is 13.6 Å². The van der Waals surface area contributed by atoms with Crippen molar-refractivity contribution in [3.8, 4) is 5.69 Å². The summed E-state index contributed by atoms with van der Waals surface area (Å²) in [5.41, 5.74) is 2.80. The number of thioether (sulfide) groups is 1. The van der Waals surface area contributed by atoms with Gasteiger partial charge in [-0.15, -0.1) is 11.3 Å². The molecule has 3 heterocycles. The molecular weight excluding hydrogens is 469 g/mol. The molecule has 0 fully saturated rings.